The maximum Gasteiger partial charge on any atom is 0.292 e. The van der Waals surface area contributed by atoms with Crippen LogP contribution in [-0.2, 0) is 0 Å². The molecule has 21 heavy (non-hydrogen) atoms. The molecule has 0 spiro atoms. The summed E-state index contributed by atoms with van der Waals surface area (Å²) >= 11 is 0. The van der Waals surface area contributed by atoms with Crippen LogP contribution in [0.15, 0.2) is 10.6 Å². The minimum atomic E-state index is -0.0509. The molecule has 0 saturated carbocycles. The fraction of sp³-hybridized carbons (Fsp3) is 0.750. The Labute approximate surface area is 126 Å². The third-order valence-electron chi connectivity index (χ3n) is 4.63. The van der Waals surface area contributed by atoms with Gasteiger partial charge in [-0.3, -0.25) is 4.79 Å². The van der Waals surface area contributed by atoms with Crippen LogP contribution in [0.3, 0.4) is 0 Å². The molecule has 5 nitrogen and oxygen atoms in total. The molecule has 2 heterocycles. The monoisotopic (exact) mass is 293 g/mol. The molecule has 0 aromatic carbocycles. The van der Waals surface area contributed by atoms with Gasteiger partial charge in [-0.15, -0.1) is 0 Å². The summed E-state index contributed by atoms with van der Waals surface area (Å²) in [6.45, 7) is 7.77. The van der Waals surface area contributed by atoms with E-state index >= 15 is 0 Å². The lowest BCUT2D eigenvalue weighted by molar-refractivity contribution is 0.0619. The first-order valence-corrected chi connectivity index (χ1v) is 8.08. The first-order valence-electron chi connectivity index (χ1n) is 8.08. The van der Waals surface area contributed by atoms with Gasteiger partial charge in [0.1, 0.15) is 0 Å². The summed E-state index contributed by atoms with van der Waals surface area (Å²) in [7, 11) is 0. The molecule has 2 unspecified atom stereocenters. The number of hydrogen-bond acceptors (Lipinski definition) is 4. The summed E-state index contributed by atoms with van der Waals surface area (Å²) in [4.78, 5) is 14.4. The van der Waals surface area contributed by atoms with E-state index in [9.17, 15) is 4.79 Å². The van der Waals surface area contributed by atoms with E-state index in [1.54, 1.807) is 0 Å². The molecule has 1 aliphatic rings. The third-order valence-corrected chi connectivity index (χ3v) is 4.63. The van der Waals surface area contributed by atoms with Crippen LogP contribution in [-0.4, -0.2) is 35.1 Å². The van der Waals surface area contributed by atoms with E-state index in [0.717, 1.165) is 44.5 Å². The quantitative estimate of drug-likeness (QED) is 0.906. The highest BCUT2D eigenvalue weighted by molar-refractivity contribution is 5.91. The van der Waals surface area contributed by atoms with Crippen molar-refractivity contribution in [1.29, 1.82) is 0 Å². The maximum atomic E-state index is 12.5. The van der Waals surface area contributed by atoms with Gasteiger partial charge in [-0.05, 0) is 38.5 Å². The molecule has 2 rings (SSSR count). The number of carbonyl (C=O) groups excluding carboxylic acids is 1. The average molecular weight is 293 g/mol. The van der Waals surface area contributed by atoms with Crippen molar-refractivity contribution in [3.8, 4) is 0 Å². The topological polar surface area (TPSA) is 72.4 Å². The SMILES string of the molecule is CCC(CC)c1cc(C(=O)N2CCCC(C(C)N)C2)on1. The molecule has 1 aliphatic heterocycles. The van der Waals surface area contributed by atoms with E-state index in [2.05, 4.69) is 19.0 Å². The molecule has 2 N–H and O–H groups in total. The van der Waals surface area contributed by atoms with Gasteiger partial charge in [0.2, 0.25) is 5.76 Å². The third kappa shape index (κ3) is 3.64. The van der Waals surface area contributed by atoms with Gasteiger partial charge in [0.05, 0.1) is 5.69 Å². The fourth-order valence-electron chi connectivity index (χ4n) is 3.07. The van der Waals surface area contributed by atoms with E-state index in [-0.39, 0.29) is 11.9 Å². The molecule has 1 fully saturated rings. The first kappa shape index (κ1) is 16.0. The second-order valence-electron chi connectivity index (χ2n) is 6.14. The Hall–Kier alpha value is -1.36. The van der Waals surface area contributed by atoms with Gasteiger partial charge in [0, 0.05) is 31.1 Å². The number of hydrogen-bond donors (Lipinski definition) is 1. The summed E-state index contributed by atoms with van der Waals surface area (Å²) in [5.41, 5.74) is 6.87. The van der Waals surface area contributed by atoms with Gasteiger partial charge in [-0.1, -0.05) is 19.0 Å². The van der Waals surface area contributed by atoms with E-state index in [4.69, 9.17) is 10.3 Å². The van der Waals surface area contributed by atoms with Crippen molar-refractivity contribution >= 4 is 5.91 Å². The zero-order valence-electron chi connectivity index (χ0n) is 13.3. The van der Waals surface area contributed by atoms with Crippen molar-refractivity contribution in [2.24, 2.45) is 11.7 Å². The van der Waals surface area contributed by atoms with Crippen LogP contribution in [0.25, 0.3) is 0 Å². The summed E-state index contributed by atoms with van der Waals surface area (Å²) in [6, 6.07) is 1.94. The maximum absolute atomic E-state index is 12.5. The number of likely N-dealkylation sites (tertiary alicyclic amines) is 1. The molecule has 118 valence electrons. The van der Waals surface area contributed by atoms with Crippen molar-refractivity contribution < 1.29 is 9.32 Å². The zero-order chi connectivity index (χ0) is 15.4. The zero-order valence-corrected chi connectivity index (χ0v) is 13.3. The summed E-state index contributed by atoms with van der Waals surface area (Å²) in [5, 5.41) is 4.08. The molecular formula is C16H27N3O2. The van der Waals surface area contributed by atoms with Crippen molar-refractivity contribution in [3.05, 3.63) is 17.5 Å². The minimum absolute atomic E-state index is 0.0509. The molecule has 1 aromatic rings. The van der Waals surface area contributed by atoms with Crippen LogP contribution < -0.4 is 5.73 Å². The van der Waals surface area contributed by atoms with Gasteiger partial charge in [0.25, 0.3) is 5.91 Å². The lowest BCUT2D eigenvalue weighted by Crippen LogP contribution is -2.44. The van der Waals surface area contributed by atoms with Crippen LogP contribution >= 0.6 is 0 Å². The minimum Gasteiger partial charge on any atom is -0.351 e. The standard InChI is InChI=1S/C16H27N3O2/c1-4-12(5-2)14-9-15(21-18-14)16(20)19-8-6-7-13(10-19)11(3)17/h9,11-13H,4-8,10,17H2,1-3H3. The second-order valence-corrected chi connectivity index (χ2v) is 6.14. The lowest BCUT2D eigenvalue weighted by Gasteiger charge is -2.34. The fourth-order valence-corrected chi connectivity index (χ4v) is 3.07. The van der Waals surface area contributed by atoms with E-state index in [0.29, 0.717) is 17.6 Å². The van der Waals surface area contributed by atoms with Gasteiger partial charge in [-0.2, -0.15) is 0 Å². The highest BCUT2D eigenvalue weighted by Gasteiger charge is 2.28. The van der Waals surface area contributed by atoms with Crippen LogP contribution in [0.5, 0.6) is 0 Å². The molecule has 0 aliphatic carbocycles. The Kier molecular flexibility index (Phi) is 5.39. The van der Waals surface area contributed by atoms with Crippen molar-refractivity contribution in [2.45, 2.75) is 58.4 Å². The molecule has 2 atom stereocenters. The number of amides is 1. The van der Waals surface area contributed by atoms with Crippen LogP contribution in [0.4, 0.5) is 0 Å². The van der Waals surface area contributed by atoms with Gasteiger partial charge in [-0.25, -0.2) is 0 Å². The number of piperidine rings is 1. The molecule has 1 saturated heterocycles. The van der Waals surface area contributed by atoms with Gasteiger partial charge < -0.3 is 15.2 Å². The highest BCUT2D eigenvalue weighted by Crippen LogP contribution is 2.24. The number of carbonyl (C=O) groups is 1. The average Bonchev–Trinajstić information content (AvgIpc) is 2.97. The van der Waals surface area contributed by atoms with Gasteiger partial charge in [0.15, 0.2) is 0 Å². The van der Waals surface area contributed by atoms with E-state index in [1.165, 1.54) is 0 Å². The van der Waals surface area contributed by atoms with Crippen molar-refractivity contribution in [2.75, 3.05) is 13.1 Å². The Bertz CT molecular complexity index is 466. The summed E-state index contributed by atoms with van der Waals surface area (Å²) in [6.07, 6.45) is 4.11. The van der Waals surface area contributed by atoms with Crippen molar-refractivity contribution in [3.63, 3.8) is 0 Å². The van der Waals surface area contributed by atoms with E-state index in [1.807, 2.05) is 17.9 Å². The lowest BCUT2D eigenvalue weighted by atomic mass is 9.92. The Morgan fingerprint density at radius 3 is 2.86 bits per heavy atom. The largest absolute Gasteiger partial charge is 0.351 e. The van der Waals surface area contributed by atoms with Crippen LogP contribution in [0, 0.1) is 5.92 Å². The smallest absolute Gasteiger partial charge is 0.292 e. The Balaban J connectivity index is 2.06. The summed E-state index contributed by atoms with van der Waals surface area (Å²) < 4.78 is 5.29. The van der Waals surface area contributed by atoms with Crippen molar-refractivity contribution in [1.82, 2.24) is 10.1 Å². The Morgan fingerprint density at radius 1 is 1.52 bits per heavy atom. The number of nitrogens with two attached hydrogens (primary N) is 1. The van der Waals surface area contributed by atoms with E-state index < -0.39 is 0 Å². The number of aromatic nitrogens is 1. The van der Waals surface area contributed by atoms with Crippen LogP contribution in [0.1, 0.15) is 68.6 Å². The molecule has 1 aromatic heterocycles. The normalized spacial score (nSPS) is 20.8. The molecular weight excluding hydrogens is 266 g/mol. The predicted octanol–water partition coefficient (Wildman–Crippen LogP) is 2.78. The number of rotatable bonds is 5. The second kappa shape index (κ2) is 7.07. The molecule has 0 bridgehead atoms. The highest BCUT2D eigenvalue weighted by atomic mass is 16.5. The van der Waals surface area contributed by atoms with Gasteiger partial charge >= 0.3 is 0 Å². The predicted molar refractivity (Wildman–Crippen MR) is 82.1 cm³/mol. The molecule has 5 heteroatoms. The van der Waals surface area contributed by atoms with Crippen LogP contribution in [0.2, 0.25) is 0 Å². The molecule has 0 radical (unpaired) electrons. The molecule has 1 amide bonds. The first-order chi connectivity index (χ1) is 10.1. The Morgan fingerprint density at radius 2 is 2.24 bits per heavy atom. The summed E-state index contributed by atoms with van der Waals surface area (Å²) in [5.74, 6) is 1.06. The number of nitrogens with zero attached hydrogens (tertiary/aromatic N) is 2.